The first-order valence-corrected chi connectivity index (χ1v) is 22.2. The van der Waals surface area contributed by atoms with Gasteiger partial charge in [0, 0.05) is 12.8 Å². The highest BCUT2D eigenvalue weighted by molar-refractivity contribution is 5.69. The fraction of sp³-hybridized carbons (Fsp3) is 0.776. The summed E-state index contributed by atoms with van der Waals surface area (Å²) in [5, 5.41) is 0. The molecular formula is C49H80O2. The Morgan fingerprint density at radius 2 is 1.49 bits per heavy atom. The van der Waals surface area contributed by atoms with Crippen LogP contribution in [-0.2, 0) is 9.53 Å². The molecule has 0 bridgehead atoms. The molecule has 0 spiro atoms. The Balaban J connectivity index is 1.12. The van der Waals surface area contributed by atoms with Gasteiger partial charge in [0.1, 0.15) is 6.10 Å². The van der Waals surface area contributed by atoms with Gasteiger partial charge >= 0.3 is 5.97 Å². The molecule has 2 heteroatoms. The number of allylic oxidation sites excluding steroid dienone is 9. The number of unbranched alkanes of at least 4 members (excludes halogenated alkanes) is 7. The van der Waals surface area contributed by atoms with Crippen LogP contribution in [0, 0.1) is 52.3 Å². The van der Waals surface area contributed by atoms with Crippen molar-refractivity contribution in [2.45, 2.75) is 189 Å². The van der Waals surface area contributed by atoms with E-state index in [-0.39, 0.29) is 12.1 Å². The molecule has 3 saturated carbocycles. The molecule has 51 heavy (non-hydrogen) atoms. The van der Waals surface area contributed by atoms with Crippen LogP contribution in [0.15, 0.2) is 60.3 Å². The lowest BCUT2D eigenvalue weighted by Gasteiger charge is -2.58. The average molecular weight is 701 g/mol. The van der Waals surface area contributed by atoms with E-state index in [1.807, 2.05) is 0 Å². The third-order valence-corrected chi connectivity index (χ3v) is 14.6. The van der Waals surface area contributed by atoms with Crippen LogP contribution in [0.2, 0.25) is 0 Å². The minimum Gasteiger partial charge on any atom is -0.462 e. The van der Waals surface area contributed by atoms with E-state index in [4.69, 9.17) is 4.74 Å². The largest absolute Gasteiger partial charge is 0.462 e. The quantitative estimate of drug-likeness (QED) is 0.0677. The summed E-state index contributed by atoms with van der Waals surface area (Å²) >= 11 is 0. The first-order chi connectivity index (χ1) is 24.6. The highest BCUT2D eigenvalue weighted by atomic mass is 16.5. The number of fused-ring (bicyclic) bond motifs is 5. The summed E-state index contributed by atoms with van der Waals surface area (Å²) in [5.41, 5.74) is 2.42. The van der Waals surface area contributed by atoms with E-state index in [0.29, 0.717) is 29.1 Å². The summed E-state index contributed by atoms with van der Waals surface area (Å²) < 4.78 is 6.14. The van der Waals surface area contributed by atoms with Crippen LogP contribution in [0.4, 0.5) is 0 Å². The molecule has 0 N–H and O–H groups in total. The number of hydrogen-bond acceptors (Lipinski definition) is 2. The smallest absolute Gasteiger partial charge is 0.306 e. The Kier molecular flexibility index (Phi) is 17.4. The summed E-state index contributed by atoms with van der Waals surface area (Å²) in [6, 6.07) is 0. The van der Waals surface area contributed by atoms with E-state index in [2.05, 4.69) is 103 Å². The predicted octanol–water partition coefficient (Wildman–Crippen LogP) is 14.7. The lowest BCUT2D eigenvalue weighted by atomic mass is 9.47. The lowest BCUT2D eigenvalue weighted by molar-refractivity contribution is -0.151. The van der Waals surface area contributed by atoms with Gasteiger partial charge in [-0.1, -0.05) is 141 Å². The minimum atomic E-state index is 0.0456. The van der Waals surface area contributed by atoms with Gasteiger partial charge in [0.15, 0.2) is 0 Å². The van der Waals surface area contributed by atoms with Crippen LogP contribution in [0.1, 0.15) is 183 Å². The Morgan fingerprint density at radius 3 is 2.20 bits per heavy atom. The molecule has 4 rings (SSSR count). The van der Waals surface area contributed by atoms with E-state index in [9.17, 15) is 4.79 Å². The van der Waals surface area contributed by atoms with Crippen LogP contribution >= 0.6 is 0 Å². The van der Waals surface area contributed by atoms with Crippen molar-refractivity contribution < 1.29 is 9.53 Å². The second-order valence-electron chi connectivity index (χ2n) is 18.2. The van der Waals surface area contributed by atoms with E-state index in [1.54, 1.807) is 5.57 Å². The molecule has 0 saturated heterocycles. The fourth-order valence-corrected chi connectivity index (χ4v) is 11.4. The Morgan fingerprint density at radius 1 is 0.804 bits per heavy atom. The van der Waals surface area contributed by atoms with Crippen molar-refractivity contribution in [3.63, 3.8) is 0 Å². The van der Waals surface area contributed by atoms with Crippen LogP contribution < -0.4 is 0 Å². The van der Waals surface area contributed by atoms with Gasteiger partial charge < -0.3 is 4.74 Å². The monoisotopic (exact) mass is 701 g/mol. The predicted molar refractivity (Wildman–Crippen MR) is 220 cm³/mol. The summed E-state index contributed by atoms with van der Waals surface area (Å²) in [6.45, 7) is 17.1. The summed E-state index contributed by atoms with van der Waals surface area (Å²) in [5.74, 6) is 5.51. The van der Waals surface area contributed by atoms with Crippen molar-refractivity contribution in [1.29, 1.82) is 0 Å². The van der Waals surface area contributed by atoms with Gasteiger partial charge in [-0.15, -0.1) is 0 Å². The molecule has 0 unspecified atom stereocenters. The van der Waals surface area contributed by atoms with Crippen molar-refractivity contribution in [2.24, 2.45) is 52.3 Å². The normalized spacial score (nSPS) is 32.1. The van der Waals surface area contributed by atoms with Crippen LogP contribution in [0.25, 0.3) is 0 Å². The number of ether oxygens (including phenoxy) is 1. The number of hydrogen-bond donors (Lipinski definition) is 0. The fourth-order valence-electron chi connectivity index (χ4n) is 11.4. The zero-order chi connectivity index (χ0) is 36.7. The van der Waals surface area contributed by atoms with E-state index < -0.39 is 0 Å². The average Bonchev–Trinajstić information content (AvgIpc) is 3.47. The van der Waals surface area contributed by atoms with Crippen molar-refractivity contribution in [3.8, 4) is 0 Å². The van der Waals surface area contributed by atoms with Crippen LogP contribution in [-0.4, -0.2) is 12.1 Å². The van der Waals surface area contributed by atoms with Crippen molar-refractivity contribution in [3.05, 3.63) is 60.3 Å². The second-order valence-corrected chi connectivity index (χ2v) is 18.2. The number of carbonyl (C=O) groups is 1. The number of esters is 1. The zero-order valence-corrected chi connectivity index (χ0v) is 34.5. The van der Waals surface area contributed by atoms with Gasteiger partial charge in [-0.2, -0.15) is 0 Å². The highest BCUT2D eigenvalue weighted by Crippen LogP contribution is 2.67. The van der Waals surface area contributed by atoms with Gasteiger partial charge in [0.2, 0.25) is 0 Å². The van der Waals surface area contributed by atoms with Crippen molar-refractivity contribution >= 4 is 5.97 Å². The van der Waals surface area contributed by atoms with Gasteiger partial charge in [0.25, 0.3) is 0 Å². The molecule has 3 fully saturated rings. The van der Waals surface area contributed by atoms with Gasteiger partial charge in [-0.05, 0) is 142 Å². The minimum absolute atomic E-state index is 0.0456. The van der Waals surface area contributed by atoms with Gasteiger partial charge in [0.05, 0.1) is 0 Å². The summed E-state index contributed by atoms with van der Waals surface area (Å²) in [7, 11) is 0. The summed E-state index contributed by atoms with van der Waals surface area (Å²) in [6.07, 6.45) is 46.5. The van der Waals surface area contributed by atoms with Crippen molar-refractivity contribution in [2.75, 3.05) is 0 Å². The standard InChI is InChI=1S/C49H80O2/c1-8-10-11-12-13-14-15-16-17-18-19-20-21-22-23-24-25-26-47(50)51-42-33-35-48(6)41(37-42)29-30-43-45-32-31-44(49(45,7)36-34-46(43)48)39(5)27-28-40(9-2)38(3)4/h10-11,13-14,16-17,27-29,38-40,42-46H,8-9,12,15,18-26,30-37H2,1-7H3/b11-10-,14-13-,17-16-,28-27+/t39-,40-,42+,43+,44-,45+,46+,48+,49-/m1/s1. The molecule has 0 aliphatic heterocycles. The molecule has 0 aromatic rings. The molecule has 0 radical (unpaired) electrons. The molecule has 0 aromatic heterocycles. The number of carbonyl (C=O) groups excluding carboxylic acids is 1. The van der Waals surface area contributed by atoms with Gasteiger partial charge in [-0.25, -0.2) is 0 Å². The maximum absolute atomic E-state index is 12.9. The Bertz CT molecular complexity index is 1180. The Hall–Kier alpha value is -1.83. The van der Waals surface area contributed by atoms with E-state index in [1.165, 1.54) is 83.5 Å². The molecule has 0 heterocycles. The molecule has 9 atom stereocenters. The second kappa shape index (κ2) is 21.2. The third-order valence-electron chi connectivity index (χ3n) is 14.6. The lowest BCUT2D eigenvalue weighted by Crippen LogP contribution is -2.51. The first kappa shape index (κ1) is 41.9. The SMILES string of the molecule is CC/C=C\C/C=C\C/C=C\CCCCCCCCCC(=O)O[C@H]1CC[C@@]2(C)C(=CC[C@H]3[C@@H]4CC[C@H]([C@H](C)/C=C/[C@@H](CC)C(C)C)[C@@]4(C)CC[C@@H]32)C1. The molecule has 4 aliphatic rings. The van der Waals surface area contributed by atoms with E-state index in [0.717, 1.165) is 74.5 Å². The van der Waals surface area contributed by atoms with Crippen LogP contribution in [0.5, 0.6) is 0 Å². The highest BCUT2D eigenvalue weighted by Gasteiger charge is 2.59. The third kappa shape index (κ3) is 11.6. The first-order valence-electron chi connectivity index (χ1n) is 22.2. The molecule has 4 aliphatic carbocycles. The number of rotatable bonds is 21. The van der Waals surface area contributed by atoms with E-state index >= 15 is 0 Å². The van der Waals surface area contributed by atoms with Crippen molar-refractivity contribution in [1.82, 2.24) is 0 Å². The maximum atomic E-state index is 12.9. The topological polar surface area (TPSA) is 26.3 Å². The van der Waals surface area contributed by atoms with Crippen LogP contribution in [0.3, 0.4) is 0 Å². The summed E-state index contributed by atoms with van der Waals surface area (Å²) in [4.78, 5) is 12.9. The molecule has 0 amide bonds. The molecular weight excluding hydrogens is 621 g/mol. The Labute approximate surface area is 316 Å². The molecule has 0 aromatic carbocycles. The molecule has 288 valence electrons. The maximum Gasteiger partial charge on any atom is 0.306 e. The van der Waals surface area contributed by atoms with Gasteiger partial charge in [-0.3, -0.25) is 4.79 Å². The molecule has 2 nitrogen and oxygen atoms in total. The zero-order valence-electron chi connectivity index (χ0n) is 34.5.